The second-order valence-corrected chi connectivity index (χ2v) is 7.23. The molecule has 28 heavy (non-hydrogen) atoms. The van der Waals surface area contributed by atoms with Gasteiger partial charge in [-0.25, -0.2) is 0 Å². The Bertz CT molecular complexity index is 686. The van der Waals surface area contributed by atoms with E-state index in [2.05, 4.69) is 16.0 Å². The first-order valence-corrected chi connectivity index (χ1v) is 10.3. The summed E-state index contributed by atoms with van der Waals surface area (Å²) in [6.45, 7) is 2.99. The van der Waals surface area contributed by atoms with Crippen molar-refractivity contribution in [3.8, 4) is 17.2 Å². The maximum atomic E-state index is 5.96. The molecule has 0 aliphatic carbocycles. The lowest BCUT2D eigenvalue weighted by Gasteiger charge is -2.36. The lowest BCUT2D eigenvalue weighted by molar-refractivity contribution is 0.144. The topological polar surface area (TPSA) is 43.8 Å². The van der Waals surface area contributed by atoms with E-state index in [1.807, 2.05) is 36.7 Å². The molecule has 1 aromatic carbocycles. The molecule has 0 unspecified atom stereocenters. The fraction of sp³-hybridized carbons (Fsp3) is 0.522. The van der Waals surface area contributed by atoms with Crippen molar-refractivity contribution in [2.24, 2.45) is 0 Å². The van der Waals surface area contributed by atoms with Crippen molar-refractivity contribution in [2.75, 3.05) is 33.9 Å². The average molecular weight is 385 g/mol. The van der Waals surface area contributed by atoms with E-state index in [1.165, 1.54) is 37.8 Å². The molecule has 0 amide bonds. The van der Waals surface area contributed by atoms with Gasteiger partial charge in [0.2, 0.25) is 5.75 Å². The van der Waals surface area contributed by atoms with Crippen molar-refractivity contribution >= 4 is 0 Å². The van der Waals surface area contributed by atoms with Gasteiger partial charge in [-0.2, -0.15) is 0 Å². The standard InChI is InChI=1S/C23H32N2O3/c1-26-21-12-8-13-22(27-2)23(21)28-17-7-3-5-15-25-16-6-4-11-20(25)19-10-9-14-24-18-19/h8-10,12-14,18,20H,3-7,11,15-17H2,1-2H3/t20-/m1/s1. The Morgan fingerprint density at radius 1 is 1.00 bits per heavy atom. The first-order valence-electron chi connectivity index (χ1n) is 10.3. The van der Waals surface area contributed by atoms with E-state index in [0.29, 0.717) is 29.9 Å². The summed E-state index contributed by atoms with van der Waals surface area (Å²) < 4.78 is 16.7. The number of likely N-dealkylation sites (tertiary alicyclic amines) is 1. The Hall–Kier alpha value is -2.27. The number of methoxy groups -OCH3 is 2. The van der Waals surface area contributed by atoms with E-state index in [0.717, 1.165) is 19.4 Å². The maximum Gasteiger partial charge on any atom is 0.203 e. The zero-order valence-corrected chi connectivity index (χ0v) is 17.1. The van der Waals surface area contributed by atoms with Crippen molar-refractivity contribution in [3.05, 3.63) is 48.3 Å². The van der Waals surface area contributed by atoms with Gasteiger partial charge in [-0.15, -0.1) is 0 Å². The van der Waals surface area contributed by atoms with Crippen LogP contribution < -0.4 is 14.2 Å². The molecule has 152 valence electrons. The van der Waals surface area contributed by atoms with Crippen molar-refractivity contribution in [1.82, 2.24) is 9.88 Å². The molecule has 1 saturated heterocycles. The van der Waals surface area contributed by atoms with E-state index >= 15 is 0 Å². The summed E-state index contributed by atoms with van der Waals surface area (Å²) in [7, 11) is 3.30. The SMILES string of the molecule is COc1cccc(OC)c1OCCCCCN1CCCC[C@@H]1c1cccnc1. The summed E-state index contributed by atoms with van der Waals surface area (Å²) in [4.78, 5) is 6.94. The Morgan fingerprint density at radius 3 is 2.54 bits per heavy atom. The lowest BCUT2D eigenvalue weighted by atomic mass is 9.96. The number of pyridine rings is 1. The molecule has 1 aliphatic heterocycles. The molecule has 1 atom stereocenters. The van der Waals surface area contributed by atoms with Crippen LogP contribution in [0.2, 0.25) is 0 Å². The smallest absolute Gasteiger partial charge is 0.203 e. The number of benzene rings is 1. The van der Waals surface area contributed by atoms with Gasteiger partial charge >= 0.3 is 0 Å². The fourth-order valence-corrected chi connectivity index (χ4v) is 3.94. The molecule has 5 heteroatoms. The summed E-state index contributed by atoms with van der Waals surface area (Å²) in [6, 6.07) is 10.5. The molecule has 0 saturated carbocycles. The van der Waals surface area contributed by atoms with Crippen LogP contribution in [0.5, 0.6) is 17.2 Å². The van der Waals surface area contributed by atoms with E-state index in [-0.39, 0.29) is 0 Å². The van der Waals surface area contributed by atoms with Crippen LogP contribution >= 0.6 is 0 Å². The first-order chi connectivity index (χ1) is 13.8. The van der Waals surface area contributed by atoms with Crippen LogP contribution in [0.15, 0.2) is 42.7 Å². The number of aromatic nitrogens is 1. The van der Waals surface area contributed by atoms with Crippen LogP contribution in [-0.2, 0) is 0 Å². The van der Waals surface area contributed by atoms with Gasteiger partial charge in [0.05, 0.1) is 20.8 Å². The monoisotopic (exact) mass is 384 g/mol. The number of rotatable bonds is 10. The largest absolute Gasteiger partial charge is 0.493 e. The van der Waals surface area contributed by atoms with Crippen LogP contribution in [0.3, 0.4) is 0 Å². The Kier molecular flexibility index (Phi) is 7.97. The van der Waals surface area contributed by atoms with Crippen LogP contribution in [0.25, 0.3) is 0 Å². The summed E-state index contributed by atoms with van der Waals surface area (Å²) in [6.07, 6.45) is 11.1. The van der Waals surface area contributed by atoms with Crippen molar-refractivity contribution in [2.45, 2.75) is 44.6 Å². The number of para-hydroxylation sites is 1. The first kappa shape index (κ1) is 20.5. The van der Waals surface area contributed by atoms with Crippen LogP contribution in [0, 0.1) is 0 Å². The third-order valence-corrected chi connectivity index (χ3v) is 5.40. The van der Waals surface area contributed by atoms with Crippen molar-refractivity contribution in [1.29, 1.82) is 0 Å². The van der Waals surface area contributed by atoms with Gasteiger partial charge in [-0.3, -0.25) is 9.88 Å². The second-order valence-electron chi connectivity index (χ2n) is 7.23. The van der Waals surface area contributed by atoms with E-state index in [9.17, 15) is 0 Å². The molecule has 1 fully saturated rings. The minimum atomic E-state index is 0.525. The minimum absolute atomic E-state index is 0.525. The number of piperidine rings is 1. The third-order valence-electron chi connectivity index (χ3n) is 5.40. The highest BCUT2D eigenvalue weighted by molar-refractivity contribution is 5.51. The van der Waals surface area contributed by atoms with E-state index < -0.39 is 0 Å². The molecule has 2 heterocycles. The number of hydrogen-bond acceptors (Lipinski definition) is 5. The number of hydrogen-bond donors (Lipinski definition) is 0. The fourth-order valence-electron chi connectivity index (χ4n) is 3.94. The van der Waals surface area contributed by atoms with E-state index in [1.54, 1.807) is 14.2 Å². The highest BCUT2D eigenvalue weighted by Crippen LogP contribution is 2.37. The summed E-state index contributed by atoms with van der Waals surface area (Å²) >= 11 is 0. The Balaban J connectivity index is 1.42. The predicted octanol–water partition coefficient (Wildman–Crippen LogP) is 4.88. The van der Waals surface area contributed by atoms with Gasteiger partial charge in [0.25, 0.3) is 0 Å². The van der Waals surface area contributed by atoms with Gasteiger partial charge in [-0.1, -0.05) is 18.6 Å². The minimum Gasteiger partial charge on any atom is -0.493 e. The highest BCUT2D eigenvalue weighted by Gasteiger charge is 2.23. The molecular formula is C23H32N2O3. The molecule has 2 aromatic rings. The van der Waals surface area contributed by atoms with E-state index in [4.69, 9.17) is 14.2 Å². The normalized spacial score (nSPS) is 17.3. The molecule has 0 N–H and O–H groups in total. The molecule has 3 rings (SSSR count). The summed E-state index contributed by atoms with van der Waals surface area (Å²) in [5.74, 6) is 2.12. The summed E-state index contributed by atoms with van der Waals surface area (Å²) in [5.41, 5.74) is 1.36. The quantitative estimate of drug-likeness (QED) is 0.547. The van der Waals surface area contributed by atoms with Crippen LogP contribution in [0.1, 0.15) is 50.1 Å². The van der Waals surface area contributed by atoms with Gasteiger partial charge in [-0.05, 0) is 69.0 Å². The van der Waals surface area contributed by atoms with Crippen molar-refractivity contribution in [3.63, 3.8) is 0 Å². The third kappa shape index (κ3) is 5.38. The zero-order chi connectivity index (χ0) is 19.6. The molecule has 1 aromatic heterocycles. The van der Waals surface area contributed by atoms with Gasteiger partial charge in [0, 0.05) is 18.4 Å². The predicted molar refractivity (Wildman–Crippen MR) is 111 cm³/mol. The summed E-state index contributed by atoms with van der Waals surface area (Å²) in [5, 5.41) is 0. The lowest BCUT2D eigenvalue weighted by Crippen LogP contribution is -2.34. The number of nitrogens with zero attached hydrogens (tertiary/aromatic N) is 2. The molecule has 5 nitrogen and oxygen atoms in total. The van der Waals surface area contributed by atoms with Gasteiger partial charge < -0.3 is 14.2 Å². The van der Waals surface area contributed by atoms with Gasteiger partial charge in [0.15, 0.2) is 11.5 Å². The zero-order valence-electron chi connectivity index (χ0n) is 17.1. The van der Waals surface area contributed by atoms with Crippen LogP contribution in [0.4, 0.5) is 0 Å². The van der Waals surface area contributed by atoms with Crippen LogP contribution in [-0.4, -0.2) is 43.8 Å². The maximum absolute atomic E-state index is 5.96. The number of ether oxygens (including phenoxy) is 3. The second kappa shape index (κ2) is 10.9. The number of unbranched alkanes of at least 4 members (excludes halogenated alkanes) is 2. The van der Waals surface area contributed by atoms with Crippen molar-refractivity contribution < 1.29 is 14.2 Å². The van der Waals surface area contributed by atoms with Gasteiger partial charge in [0.1, 0.15) is 0 Å². The molecule has 0 radical (unpaired) electrons. The molecular weight excluding hydrogens is 352 g/mol. The highest BCUT2D eigenvalue weighted by atomic mass is 16.5. The molecule has 0 spiro atoms. The Morgan fingerprint density at radius 2 is 1.82 bits per heavy atom. The molecule has 1 aliphatic rings. The molecule has 0 bridgehead atoms. The Labute approximate surface area is 168 Å². The average Bonchev–Trinajstić information content (AvgIpc) is 2.76.